The Labute approximate surface area is 205 Å². The maximum atomic E-state index is 12.4. The lowest BCUT2D eigenvalue weighted by Crippen LogP contribution is -2.19. The molecule has 1 aliphatic heterocycles. The topological polar surface area (TPSA) is 63.2 Å². The van der Waals surface area contributed by atoms with Crippen molar-refractivity contribution in [2.24, 2.45) is 5.10 Å². The Kier molecular flexibility index (Phi) is 7.70. The maximum Gasteiger partial charge on any atom is 0.271 e. The Balaban J connectivity index is 1.38. The zero-order chi connectivity index (χ0) is 23.9. The number of nitrogens with zero attached hydrogens (tertiary/aromatic N) is 2. The van der Waals surface area contributed by atoms with E-state index < -0.39 is 0 Å². The summed E-state index contributed by atoms with van der Waals surface area (Å²) in [4.78, 5) is 14.8. The predicted molar refractivity (Wildman–Crippen MR) is 136 cm³/mol. The minimum absolute atomic E-state index is 0.277. The van der Waals surface area contributed by atoms with Crippen molar-refractivity contribution in [2.45, 2.75) is 26.4 Å². The first kappa shape index (κ1) is 23.6. The molecule has 0 unspecified atom stereocenters. The zero-order valence-electron chi connectivity index (χ0n) is 19.4. The molecule has 1 N–H and O–H groups in total. The summed E-state index contributed by atoms with van der Waals surface area (Å²) in [5.41, 5.74) is 7.14. The molecule has 176 valence electrons. The summed E-state index contributed by atoms with van der Waals surface area (Å²) in [6.07, 6.45) is 3.95. The molecule has 1 fully saturated rings. The number of methoxy groups -OCH3 is 1. The molecule has 3 aromatic carbocycles. The van der Waals surface area contributed by atoms with Gasteiger partial charge in [0.05, 0.1) is 18.3 Å². The predicted octanol–water partition coefficient (Wildman–Crippen LogP) is 5.60. The molecule has 1 amide bonds. The fraction of sp³-hybridized carbons (Fsp3) is 0.259. The summed E-state index contributed by atoms with van der Waals surface area (Å²) in [5, 5.41) is 4.48. The van der Waals surface area contributed by atoms with E-state index >= 15 is 0 Å². The molecule has 7 heteroatoms. The highest BCUT2D eigenvalue weighted by molar-refractivity contribution is 6.32. The van der Waals surface area contributed by atoms with Crippen molar-refractivity contribution >= 4 is 29.4 Å². The molecule has 0 aromatic heterocycles. The Morgan fingerprint density at radius 2 is 1.88 bits per heavy atom. The van der Waals surface area contributed by atoms with Crippen molar-refractivity contribution < 1.29 is 14.3 Å². The van der Waals surface area contributed by atoms with Crippen molar-refractivity contribution in [3.05, 3.63) is 87.9 Å². The van der Waals surface area contributed by atoms with Gasteiger partial charge in [0.25, 0.3) is 5.91 Å². The molecule has 0 spiro atoms. The lowest BCUT2D eigenvalue weighted by molar-refractivity contribution is 0.0955. The van der Waals surface area contributed by atoms with Crippen LogP contribution < -0.4 is 19.8 Å². The van der Waals surface area contributed by atoms with E-state index in [-0.39, 0.29) is 5.91 Å². The minimum atomic E-state index is -0.277. The summed E-state index contributed by atoms with van der Waals surface area (Å²) in [6.45, 7) is 4.54. The normalized spacial score (nSPS) is 13.3. The van der Waals surface area contributed by atoms with E-state index in [4.69, 9.17) is 21.1 Å². The van der Waals surface area contributed by atoms with Crippen LogP contribution in [0.15, 0.2) is 65.8 Å². The number of rotatable bonds is 8. The lowest BCUT2D eigenvalue weighted by atomic mass is 10.1. The number of anilines is 1. The number of hydrogen-bond acceptors (Lipinski definition) is 5. The first-order valence-corrected chi connectivity index (χ1v) is 11.7. The highest BCUT2D eigenvalue weighted by Crippen LogP contribution is 2.36. The van der Waals surface area contributed by atoms with Gasteiger partial charge >= 0.3 is 0 Å². The molecular weight excluding hydrogens is 450 g/mol. The fourth-order valence-corrected chi connectivity index (χ4v) is 4.21. The van der Waals surface area contributed by atoms with Gasteiger partial charge in [-0.05, 0) is 67.3 Å². The Hall–Kier alpha value is -3.51. The molecule has 1 aliphatic rings. The van der Waals surface area contributed by atoms with Gasteiger partial charge in [0.1, 0.15) is 6.61 Å². The number of carbonyl (C=O) groups is 1. The molecule has 0 bridgehead atoms. The fourth-order valence-electron chi connectivity index (χ4n) is 3.94. The molecule has 3 aromatic rings. The van der Waals surface area contributed by atoms with Crippen LogP contribution in [-0.4, -0.2) is 32.3 Å². The monoisotopic (exact) mass is 477 g/mol. The van der Waals surface area contributed by atoms with Crippen molar-refractivity contribution in [2.75, 3.05) is 25.1 Å². The number of halogens is 1. The molecule has 4 rings (SSSR count). The number of carbonyl (C=O) groups excluding carboxylic acids is 1. The number of amides is 1. The van der Waals surface area contributed by atoms with Gasteiger partial charge < -0.3 is 14.4 Å². The van der Waals surface area contributed by atoms with E-state index in [0.717, 1.165) is 29.9 Å². The molecule has 6 nitrogen and oxygen atoms in total. The lowest BCUT2D eigenvalue weighted by Gasteiger charge is -2.17. The molecule has 0 atom stereocenters. The second kappa shape index (κ2) is 11.1. The van der Waals surface area contributed by atoms with Gasteiger partial charge in [-0.3, -0.25) is 4.79 Å². The Bertz CT molecular complexity index is 1170. The smallest absolute Gasteiger partial charge is 0.271 e. The van der Waals surface area contributed by atoms with Crippen LogP contribution in [0, 0.1) is 6.92 Å². The molecule has 1 saturated heterocycles. The summed E-state index contributed by atoms with van der Waals surface area (Å²) >= 11 is 6.46. The third-order valence-corrected chi connectivity index (χ3v) is 5.98. The zero-order valence-corrected chi connectivity index (χ0v) is 20.1. The van der Waals surface area contributed by atoms with Crippen molar-refractivity contribution in [1.82, 2.24) is 5.43 Å². The van der Waals surface area contributed by atoms with Gasteiger partial charge in [0.15, 0.2) is 11.5 Å². The van der Waals surface area contributed by atoms with Gasteiger partial charge in [0, 0.05) is 24.3 Å². The summed E-state index contributed by atoms with van der Waals surface area (Å²) in [6, 6.07) is 19.1. The van der Waals surface area contributed by atoms with Gasteiger partial charge in [0.2, 0.25) is 0 Å². The van der Waals surface area contributed by atoms with Crippen LogP contribution in [-0.2, 0) is 6.61 Å². The van der Waals surface area contributed by atoms with E-state index in [1.807, 2.05) is 49.4 Å². The number of aryl methyl sites for hydroxylation is 1. The molecule has 0 aliphatic carbocycles. The second-order valence-corrected chi connectivity index (χ2v) is 8.66. The van der Waals surface area contributed by atoms with Gasteiger partial charge in [-0.1, -0.05) is 41.4 Å². The maximum absolute atomic E-state index is 12.4. The van der Waals surface area contributed by atoms with Crippen LogP contribution in [0.3, 0.4) is 0 Å². The van der Waals surface area contributed by atoms with Gasteiger partial charge in [-0.25, -0.2) is 5.43 Å². The van der Waals surface area contributed by atoms with E-state index in [2.05, 4.69) is 21.5 Å². The largest absolute Gasteiger partial charge is 0.493 e. The van der Waals surface area contributed by atoms with E-state index in [0.29, 0.717) is 34.3 Å². The van der Waals surface area contributed by atoms with Crippen LogP contribution in [0.25, 0.3) is 0 Å². The number of ether oxygens (including phenoxy) is 2. The van der Waals surface area contributed by atoms with Crippen LogP contribution in [0.1, 0.15) is 39.9 Å². The van der Waals surface area contributed by atoms with Crippen molar-refractivity contribution in [3.63, 3.8) is 0 Å². The van der Waals surface area contributed by atoms with Crippen LogP contribution in [0.4, 0.5) is 5.69 Å². The van der Waals surface area contributed by atoms with Crippen molar-refractivity contribution in [3.8, 4) is 11.5 Å². The molecule has 34 heavy (non-hydrogen) atoms. The van der Waals surface area contributed by atoms with Crippen LogP contribution >= 0.6 is 11.6 Å². The van der Waals surface area contributed by atoms with Crippen LogP contribution in [0.2, 0.25) is 5.02 Å². The molecule has 1 heterocycles. The van der Waals surface area contributed by atoms with Crippen molar-refractivity contribution in [1.29, 1.82) is 0 Å². The molecular formula is C27H28ClN3O3. The number of hydrogen-bond donors (Lipinski definition) is 1. The van der Waals surface area contributed by atoms with E-state index in [9.17, 15) is 4.79 Å². The van der Waals surface area contributed by atoms with Gasteiger partial charge in [-0.2, -0.15) is 5.10 Å². The quantitative estimate of drug-likeness (QED) is 0.339. The van der Waals surface area contributed by atoms with Gasteiger partial charge in [-0.15, -0.1) is 0 Å². The van der Waals surface area contributed by atoms with E-state index in [1.165, 1.54) is 19.1 Å². The second-order valence-electron chi connectivity index (χ2n) is 8.25. The summed E-state index contributed by atoms with van der Waals surface area (Å²) < 4.78 is 11.4. The Morgan fingerprint density at radius 3 is 2.59 bits per heavy atom. The minimum Gasteiger partial charge on any atom is -0.493 e. The number of nitrogens with one attached hydrogen (secondary N) is 1. The number of benzene rings is 3. The molecule has 0 radical (unpaired) electrons. The summed E-state index contributed by atoms with van der Waals surface area (Å²) in [5.74, 6) is 0.677. The highest BCUT2D eigenvalue weighted by Gasteiger charge is 2.14. The SMILES string of the molecule is COc1cc(/C=N\NC(=O)c2ccc(N3CCCC3)cc2)cc(Cl)c1OCc1cccc(C)c1. The Morgan fingerprint density at radius 1 is 1.12 bits per heavy atom. The third kappa shape index (κ3) is 5.88. The molecule has 0 saturated carbocycles. The first-order chi connectivity index (χ1) is 16.5. The average Bonchev–Trinajstić information content (AvgIpc) is 3.38. The van der Waals surface area contributed by atoms with Crippen LogP contribution in [0.5, 0.6) is 11.5 Å². The number of hydrazone groups is 1. The highest BCUT2D eigenvalue weighted by atomic mass is 35.5. The third-order valence-electron chi connectivity index (χ3n) is 5.70. The standard InChI is InChI=1S/C27H28ClN3O3/c1-19-6-5-7-20(14-19)18-34-26-24(28)15-21(16-25(26)33-2)17-29-30-27(32)22-8-10-23(11-9-22)31-12-3-4-13-31/h5-11,14-17H,3-4,12-13,18H2,1-2H3,(H,30,32)/b29-17-. The summed E-state index contributed by atoms with van der Waals surface area (Å²) in [7, 11) is 1.56. The average molecular weight is 478 g/mol. The first-order valence-electron chi connectivity index (χ1n) is 11.3. The van der Waals surface area contributed by atoms with E-state index in [1.54, 1.807) is 19.2 Å².